The Balaban J connectivity index is 1.86. The summed E-state index contributed by atoms with van der Waals surface area (Å²) in [5.41, 5.74) is 0.534. The number of aromatic amines is 1. The van der Waals surface area contributed by atoms with E-state index in [-0.39, 0.29) is 5.69 Å². The molecule has 3 rings (SSSR count). The van der Waals surface area contributed by atoms with E-state index in [1.165, 1.54) is 11.3 Å². The van der Waals surface area contributed by atoms with E-state index in [4.69, 9.17) is 0 Å². The molecule has 3 heterocycles. The molecule has 0 saturated carbocycles. The number of aromatic nitrogens is 3. The Morgan fingerprint density at radius 1 is 1.13 bits per heavy atom. The minimum absolute atomic E-state index is 0.160. The van der Waals surface area contributed by atoms with Gasteiger partial charge in [-0.05, 0) is 37.3 Å². The van der Waals surface area contributed by atoms with Crippen LogP contribution in [0.1, 0.15) is 17.5 Å². The lowest BCUT2D eigenvalue weighted by atomic mass is 10.2. The van der Waals surface area contributed by atoms with Crippen LogP contribution in [-0.2, 0) is 6.18 Å². The summed E-state index contributed by atoms with van der Waals surface area (Å²) in [6.07, 6.45) is -2.83. The molecule has 3 aromatic rings. The SMILES string of the molecule is CC#Cc1ccc(-c2ccc(-c3cc(C(F)(F)F)[nH]n3)nc2)s1. The molecule has 0 saturated heterocycles. The van der Waals surface area contributed by atoms with E-state index in [1.54, 1.807) is 25.3 Å². The number of alkyl halides is 3. The van der Waals surface area contributed by atoms with Gasteiger partial charge in [0.25, 0.3) is 0 Å². The average molecular weight is 333 g/mol. The van der Waals surface area contributed by atoms with E-state index >= 15 is 0 Å². The van der Waals surface area contributed by atoms with Crippen molar-refractivity contribution in [2.45, 2.75) is 13.1 Å². The Labute approximate surface area is 134 Å². The number of thiophene rings is 1. The fourth-order valence-corrected chi connectivity index (χ4v) is 2.87. The smallest absolute Gasteiger partial charge is 0.273 e. The van der Waals surface area contributed by atoms with Crippen molar-refractivity contribution in [3.05, 3.63) is 47.1 Å². The number of nitrogens with zero attached hydrogens (tertiary/aromatic N) is 2. The van der Waals surface area contributed by atoms with Crippen LogP contribution in [0.2, 0.25) is 0 Å². The van der Waals surface area contributed by atoms with E-state index in [0.29, 0.717) is 5.69 Å². The van der Waals surface area contributed by atoms with Gasteiger partial charge >= 0.3 is 6.18 Å². The second kappa shape index (κ2) is 5.89. The number of halogens is 3. The van der Waals surface area contributed by atoms with Crippen LogP contribution in [0, 0.1) is 11.8 Å². The van der Waals surface area contributed by atoms with Crippen molar-refractivity contribution in [2.24, 2.45) is 0 Å². The fourth-order valence-electron chi connectivity index (χ4n) is 1.97. The van der Waals surface area contributed by atoms with Crippen LogP contribution >= 0.6 is 11.3 Å². The first-order valence-electron chi connectivity index (χ1n) is 6.59. The summed E-state index contributed by atoms with van der Waals surface area (Å²) >= 11 is 1.54. The zero-order valence-electron chi connectivity index (χ0n) is 11.9. The van der Waals surface area contributed by atoms with Gasteiger partial charge < -0.3 is 0 Å². The number of pyridine rings is 1. The highest BCUT2D eigenvalue weighted by Crippen LogP contribution is 2.31. The van der Waals surface area contributed by atoms with Crippen molar-refractivity contribution >= 4 is 11.3 Å². The third-order valence-electron chi connectivity index (χ3n) is 3.05. The molecule has 0 amide bonds. The van der Waals surface area contributed by atoms with Gasteiger partial charge in [-0.25, -0.2) is 0 Å². The molecule has 0 aliphatic rings. The van der Waals surface area contributed by atoms with Crippen LogP contribution in [0.4, 0.5) is 13.2 Å². The Morgan fingerprint density at radius 3 is 2.57 bits per heavy atom. The van der Waals surface area contributed by atoms with Crippen LogP contribution in [-0.4, -0.2) is 15.2 Å². The second-order valence-corrected chi connectivity index (χ2v) is 5.72. The molecule has 0 fully saturated rings. The van der Waals surface area contributed by atoms with Gasteiger partial charge in [0.05, 0.1) is 10.6 Å². The van der Waals surface area contributed by atoms with Crippen molar-refractivity contribution in [3.63, 3.8) is 0 Å². The van der Waals surface area contributed by atoms with Gasteiger partial charge in [0.15, 0.2) is 0 Å². The van der Waals surface area contributed by atoms with Crippen molar-refractivity contribution < 1.29 is 13.2 Å². The van der Waals surface area contributed by atoms with Crippen LogP contribution in [0.25, 0.3) is 21.8 Å². The molecular weight excluding hydrogens is 323 g/mol. The summed E-state index contributed by atoms with van der Waals surface area (Å²) in [7, 11) is 0. The predicted octanol–water partition coefficient (Wildman–Crippen LogP) is 4.59. The topological polar surface area (TPSA) is 41.6 Å². The molecule has 0 aromatic carbocycles. The summed E-state index contributed by atoms with van der Waals surface area (Å²) in [4.78, 5) is 6.15. The molecule has 3 nitrogen and oxygen atoms in total. The Kier molecular flexibility index (Phi) is 3.92. The quantitative estimate of drug-likeness (QED) is 0.697. The molecule has 116 valence electrons. The zero-order valence-corrected chi connectivity index (χ0v) is 12.7. The normalized spacial score (nSPS) is 11.1. The molecule has 0 atom stereocenters. The first-order valence-corrected chi connectivity index (χ1v) is 7.41. The van der Waals surface area contributed by atoms with E-state index in [2.05, 4.69) is 21.9 Å². The van der Waals surface area contributed by atoms with E-state index < -0.39 is 11.9 Å². The molecule has 23 heavy (non-hydrogen) atoms. The number of rotatable bonds is 2. The summed E-state index contributed by atoms with van der Waals surface area (Å²) < 4.78 is 37.7. The summed E-state index contributed by atoms with van der Waals surface area (Å²) in [5, 5.41) is 5.64. The van der Waals surface area contributed by atoms with E-state index in [0.717, 1.165) is 21.4 Å². The highest BCUT2D eigenvalue weighted by atomic mass is 32.1. The molecule has 0 bridgehead atoms. The maximum absolute atomic E-state index is 12.6. The maximum Gasteiger partial charge on any atom is 0.432 e. The molecule has 0 aliphatic carbocycles. The maximum atomic E-state index is 12.6. The molecule has 7 heteroatoms. The molecule has 0 unspecified atom stereocenters. The Bertz CT molecular complexity index is 880. The number of nitrogens with one attached hydrogen (secondary N) is 1. The van der Waals surface area contributed by atoms with E-state index in [1.807, 2.05) is 17.2 Å². The zero-order chi connectivity index (χ0) is 16.4. The van der Waals surface area contributed by atoms with Crippen molar-refractivity contribution in [3.8, 4) is 33.7 Å². The second-order valence-electron chi connectivity index (χ2n) is 4.64. The number of hydrogen-bond acceptors (Lipinski definition) is 3. The predicted molar refractivity (Wildman–Crippen MR) is 82.7 cm³/mol. The van der Waals surface area contributed by atoms with Gasteiger partial charge in [-0.1, -0.05) is 5.92 Å². The largest absolute Gasteiger partial charge is 0.432 e. The molecular formula is C16H10F3N3S. The lowest BCUT2D eigenvalue weighted by Gasteiger charge is -2.00. The van der Waals surface area contributed by atoms with Crippen LogP contribution in [0.3, 0.4) is 0 Å². The van der Waals surface area contributed by atoms with Crippen molar-refractivity contribution in [1.82, 2.24) is 15.2 Å². The van der Waals surface area contributed by atoms with Gasteiger partial charge in [-0.3, -0.25) is 10.1 Å². The summed E-state index contributed by atoms with van der Waals surface area (Å²) in [6, 6.07) is 8.27. The van der Waals surface area contributed by atoms with E-state index in [9.17, 15) is 13.2 Å². The van der Waals surface area contributed by atoms with Crippen LogP contribution in [0.5, 0.6) is 0 Å². The standard InChI is InChI=1S/C16H10F3N3S/c1-2-3-11-5-7-14(23-11)10-4-6-12(20-9-10)13-8-15(22-21-13)16(17,18)19/h4-9H,1H3,(H,21,22). The molecule has 0 spiro atoms. The van der Waals surface area contributed by atoms with Crippen LogP contribution in [0.15, 0.2) is 36.5 Å². The minimum atomic E-state index is -4.45. The van der Waals surface area contributed by atoms with Gasteiger partial charge in [0, 0.05) is 16.6 Å². The van der Waals surface area contributed by atoms with Gasteiger partial charge in [0.2, 0.25) is 0 Å². The third-order valence-corrected chi connectivity index (χ3v) is 4.10. The number of hydrogen-bond donors (Lipinski definition) is 1. The highest BCUT2D eigenvalue weighted by molar-refractivity contribution is 7.16. The molecule has 3 aromatic heterocycles. The average Bonchev–Trinajstić information content (AvgIpc) is 3.16. The van der Waals surface area contributed by atoms with Gasteiger partial charge in [-0.15, -0.1) is 17.3 Å². The summed E-state index contributed by atoms with van der Waals surface area (Å²) in [5.74, 6) is 5.81. The fraction of sp³-hybridized carbons (Fsp3) is 0.125. The van der Waals surface area contributed by atoms with Gasteiger partial charge in [-0.2, -0.15) is 18.3 Å². The first-order chi connectivity index (χ1) is 11.0. The first kappa shape index (κ1) is 15.3. The highest BCUT2D eigenvalue weighted by Gasteiger charge is 2.33. The minimum Gasteiger partial charge on any atom is -0.273 e. The molecule has 1 N–H and O–H groups in total. The Hall–Kier alpha value is -2.59. The Morgan fingerprint density at radius 2 is 1.96 bits per heavy atom. The lowest BCUT2D eigenvalue weighted by Crippen LogP contribution is -2.04. The molecule has 0 radical (unpaired) electrons. The summed E-state index contributed by atoms with van der Waals surface area (Å²) in [6.45, 7) is 1.77. The third kappa shape index (κ3) is 3.27. The monoisotopic (exact) mass is 333 g/mol. The van der Waals surface area contributed by atoms with Crippen LogP contribution < -0.4 is 0 Å². The lowest BCUT2D eigenvalue weighted by molar-refractivity contribution is -0.141. The number of H-pyrrole nitrogens is 1. The van der Waals surface area contributed by atoms with Gasteiger partial charge in [0.1, 0.15) is 11.4 Å². The molecule has 0 aliphatic heterocycles. The van der Waals surface area contributed by atoms with Crippen molar-refractivity contribution in [2.75, 3.05) is 0 Å². The van der Waals surface area contributed by atoms with Crippen molar-refractivity contribution in [1.29, 1.82) is 0 Å².